The third kappa shape index (κ3) is 7.04. The molecule has 1 aromatic carbocycles. The van der Waals surface area contributed by atoms with Gasteiger partial charge in [0, 0.05) is 18.5 Å². The van der Waals surface area contributed by atoms with Crippen LogP contribution in [0.1, 0.15) is 57.2 Å². The molecule has 1 atom stereocenters. The number of nitrogens with one attached hydrogen (secondary N) is 1. The standard InChI is InChI=1S/C19H32N2O2/c1-6-8-12-21(5)13-11-19(22)20-16(4)17-14-15(3)9-10-18(17)23-7-2/h9-10,14,16H,6-8,11-13H2,1-5H3,(H,20,22). The molecule has 1 N–H and O–H groups in total. The van der Waals surface area contributed by atoms with Crippen molar-refractivity contribution in [1.29, 1.82) is 0 Å². The second-order valence-corrected chi connectivity index (χ2v) is 6.17. The summed E-state index contributed by atoms with van der Waals surface area (Å²) in [6, 6.07) is 6.05. The van der Waals surface area contributed by atoms with Gasteiger partial charge in [0.15, 0.2) is 0 Å². The number of hydrogen-bond donors (Lipinski definition) is 1. The molecule has 0 fully saturated rings. The van der Waals surface area contributed by atoms with Crippen molar-refractivity contribution in [2.45, 2.75) is 53.0 Å². The first-order chi connectivity index (χ1) is 11.0. The molecule has 1 unspecified atom stereocenters. The van der Waals surface area contributed by atoms with E-state index in [-0.39, 0.29) is 11.9 Å². The summed E-state index contributed by atoms with van der Waals surface area (Å²) in [5.41, 5.74) is 2.21. The van der Waals surface area contributed by atoms with Crippen molar-refractivity contribution in [2.24, 2.45) is 0 Å². The molecular formula is C19H32N2O2. The Balaban J connectivity index is 2.56. The van der Waals surface area contributed by atoms with Gasteiger partial charge in [0.2, 0.25) is 5.91 Å². The van der Waals surface area contributed by atoms with Crippen molar-refractivity contribution in [2.75, 3.05) is 26.7 Å². The average molecular weight is 320 g/mol. The molecule has 0 saturated carbocycles. The summed E-state index contributed by atoms with van der Waals surface area (Å²) in [6.45, 7) is 10.7. The highest BCUT2D eigenvalue weighted by atomic mass is 16.5. The summed E-state index contributed by atoms with van der Waals surface area (Å²) in [4.78, 5) is 14.4. The number of ether oxygens (including phenoxy) is 1. The van der Waals surface area contributed by atoms with Gasteiger partial charge in [-0.1, -0.05) is 31.0 Å². The van der Waals surface area contributed by atoms with E-state index in [0.29, 0.717) is 13.0 Å². The number of amides is 1. The maximum atomic E-state index is 12.2. The maximum absolute atomic E-state index is 12.2. The van der Waals surface area contributed by atoms with Gasteiger partial charge >= 0.3 is 0 Å². The average Bonchev–Trinajstić information content (AvgIpc) is 2.52. The largest absolute Gasteiger partial charge is 0.494 e. The first kappa shape index (κ1) is 19.5. The number of nitrogens with zero attached hydrogens (tertiary/aromatic N) is 1. The normalized spacial score (nSPS) is 12.3. The molecule has 0 saturated heterocycles. The van der Waals surface area contributed by atoms with E-state index in [4.69, 9.17) is 4.74 Å². The predicted molar refractivity (Wildman–Crippen MR) is 95.9 cm³/mol. The molecule has 130 valence electrons. The molecule has 0 aliphatic carbocycles. The molecule has 4 nitrogen and oxygen atoms in total. The van der Waals surface area contributed by atoms with E-state index in [0.717, 1.165) is 24.4 Å². The Hall–Kier alpha value is -1.55. The summed E-state index contributed by atoms with van der Waals surface area (Å²) in [5.74, 6) is 0.941. The minimum absolute atomic E-state index is 0.0510. The van der Waals surface area contributed by atoms with Gasteiger partial charge in [-0.05, 0) is 46.9 Å². The van der Waals surface area contributed by atoms with Gasteiger partial charge in [0.1, 0.15) is 5.75 Å². The Labute approximate surface area is 141 Å². The molecule has 1 aromatic rings. The second-order valence-electron chi connectivity index (χ2n) is 6.17. The number of unbranched alkanes of at least 4 members (excludes halogenated alkanes) is 1. The van der Waals surface area contributed by atoms with E-state index in [1.807, 2.05) is 26.0 Å². The molecule has 23 heavy (non-hydrogen) atoms. The molecule has 0 bridgehead atoms. The van der Waals surface area contributed by atoms with Gasteiger partial charge in [-0.25, -0.2) is 0 Å². The molecule has 0 heterocycles. The number of benzene rings is 1. The fourth-order valence-corrected chi connectivity index (χ4v) is 2.52. The van der Waals surface area contributed by atoms with E-state index in [1.165, 1.54) is 18.4 Å². The van der Waals surface area contributed by atoms with Crippen molar-refractivity contribution < 1.29 is 9.53 Å². The summed E-state index contributed by atoms with van der Waals surface area (Å²) in [7, 11) is 2.07. The Morgan fingerprint density at radius 3 is 2.70 bits per heavy atom. The van der Waals surface area contributed by atoms with Crippen LogP contribution in [0.5, 0.6) is 5.75 Å². The number of carbonyl (C=O) groups excluding carboxylic acids is 1. The van der Waals surface area contributed by atoms with Crippen LogP contribution in [0.15, 0.2) is 18.2 Å². The SMILES string of the molecule is CCCCN(C)CCC(=O)NC(C)c1cc(C)ccc1OCC. The highest BCUT2D eigenvalue weighted by molar-refractivity contribution is 5.76. The Morgan fingerprint density at radius 1 is 1.30 bits per heavy atom. The number of rotatable bonds is 10. The molecule has 0 aliphatic heterocycles. The van der Waals surface area contributed by atoms with Crippen molar-refractivity contribution in [3.05, 3.63) is 29.3 Å². The van der Waals surface area contributed by atoms with Crippen LogP contribution < -0.4 is 10.1 Å². The lowest BCUT2D eigenvalue weighted by molar-refractivity contribution is -0.122. The van der Waals surface area contributed by atoms with E-state index in [1.54, 1.807) is 0 Å². The van der Waals surface area contributed by atoms with Crippen LogP contribution in [0.25, 0.3) is 0 Å². The molecule has 0 radical (unpaired) electrons. The summed E-state index contributed by atoms with van der Waals surface area (Å²) in [5, 5.41) is 3.09. The van der Waals surface area contributed by atoms with Gasteiger partial charge in [-0.15, -0.1) is 0 Å². The fourth-order valence-electron chi connectivity index (χ4n) is 2.52. The maximum Gasteiger partial charge on any atom is 0.221 e. The third-order valence-electron chi connectivity index (χ3n) is 3.92. The lowest BCUT2D eigenvalue weighted by Crippen LogP contribution is -2.31. The van der Waals surface area contributed by atoms with Crippen LogP contribution in [-0.2, 0) is 4.79 Å². The molecule has 0 spiro atoms. The zero-order valence-electron chi connectivity index (χ0n) is 15.3. The quantitative estimate of drug-likeness (QED) is 0.715. The Kier molecular flexibility index (Phi) is 8.70. The zero-order chi connectivity index (χ0) is 17.2. The van der Waals surface area contributed by atoms with Crippen molar-refractivity contribution in [1.82, 2.24) is 10.2 Å². The number of aryl methyl sites for hydroxylation is 1. The Bertz CT molecular complexity index is 488. The Morgan fingerprint density at radius 2 is 2.04 bits per heavy atom. The minimum Gasteiger partial charge on any atom is -0.494 e. The third-order valence-corrected chi connectivity index (χ3v) is 3.92. The summed E-state index contributed by atoms with van der Waals surface area (Å²) in [6.07, 6.45) is 2.89. The molecule has 1 amide bonds. The van der Waals surface area contributed by atoms with E-state index in [9.17, 15) is 4.79 Å². The smallest absolute Gasteiger partial charge is 0.221 e. The lowest BCUT2D eigenvalue weighted by Gasteiger charge is -2.20. The molecule has 0 aliphatic rings. The van der Waals surface area contributed by atoms with E-state index in [2.05, 4.69) is 37.2 Å². The lowest BCUT2D eigenvalue weighted by atomic mass is 10.0. The number of carbonyl (C=O) groups is 1. The topological polar surface area (TPSA) is 41.6 Å². The van der Waals surface area contributed by atoms with Crippen LogP contribution in [0.2, 0.25) is 0 Å². The highest BCUT2D eigenvalue weighted by Gasteiger charge is 2.15. The van der Waals surface area contributed by atoms with Crippen molar-refractivity contribution in [3.8, 4) is 5.75 Å². The van der Waals surface area contributed by atoms with Gasteiger partial charge in [-0.2, -0.15) is 0 Å². The summed E-state index contributed by atoms with van der Waals surface area (Å²) < 4.78 is 5.68. The van der Waals surface area contributed by atoms with Crippen LogP contribution in [0, 0.1) is 6.92 Å². The van der Waals surface area contributed by atoms with E-state index >= 15 is 0 Å². The van der Waals surface area contributed by atoms with Gasteiger partial charge in [-0.3, -0.25) is 4.79 Å². The monoisotopic (exact) mass is 320 g/mol. The first-order valence-electron chi connectivity index (χ1n) is 8.69. The molecule has 0 aromatic heterocycles. The molecule has 4 heteroatoms. The zero-order valence-corrected chi connectivity index (χ0v) is 15.3. The van der Waals surface area contributed by atoms with Crippen LogP contribution in [0.3, 0.4) is 0 Å². The molecule has 1 rings (SSSR count). The van der Waals surface area contributed by atoms with Crippen LogP contribution in [0.4, 0.5) is 0 Å². The molecular weight excluding hydrogens is 288 g/mol. The second kappa shape index (κ2) is 10.3. The van der Waals surface area contributed by atoms with Gasteiger partial charge in [0.25, 0.3) is 0 Å². The first-order valence-corrected chi connectivity index (χ1v) is 8.69. The predicted octanol–water partition coefficient (Wildman–Crippen LogP) is 3.69. The van der Waals surface area contributed by atoms with Crippen molar-refractivity contribution >= 4 is 5.91 Å². The van der Waals surface area contributed by atoms with Crippen LogP contribution >= 0.6 is 0 Å². The summed E-state index contributed by atoms with van der Waals surface area (Å²) >= 11 is 0. The van der Waals surface area contributed by atoms with E-state index < -0.39 is 0 Å². The van der Waals surface area contributed by atoms with Gasteiger partial charge < -0.3 is 15.0 Å². The van der Waals surface area contributed by atoms with Gasteiger partial charge in [0.05, 0.1) is 12.6 Å². The fraction of sp³-hybridized carbons (Fsp3) is 0.632. The number of hydrogen-bond acceptors (Lipinski definition) is 3. The van der Waals surface area contributed by atoms with Crippen molar-refractivity contribution in [3.63, 3.8) is 0 Å². The minimum atomic E-state index is -0.0510. The van der Waals surface area contributed by atoms with Crippen LogP contribution in [-0.4, -0.2) is 37.6 Å². The highest BCUT2D eigenvalue weighted by Crippen LogP contribution is 2.26.